The van der Waals surface area contributed by atoms with Gasteiger partial charge in [0.1, 0.15) is 29.3 Å². The van der Waals surface area contributed by atoms with Crippen LogP contribution in [0, 0.1) is 34.6 Å². The number of halogens is 4. The summed E-state index contributed by atoms with van der Waals surface area (Å²) in [5, 5.41) is 19.5. The first-order valence-electron chi connectivity index (χ1n) is 15.9. The largest absolute Gasteiger partial charge is 0.306 e. The third-order valence-corrected chi connectivity index (χ3v) is 7.27. The van der Waals surface area contributed by atoms with Crippen molar-refractivity contribution in [2.75, 3.05) is 6.54 Å². The fourth-order valence-electron chi connectivity index (χ4n) is 4.73. The van der Waals surface area contributed by atoms with Crippen LogP contribution in [-0.4, -0.2) is 42.3 Å². The Kier molecular flexibility index (Phi) is 15.6. The highest BCUT2D eigenvalue weighted by Gasteiger charge is 2.21. The highest BCUT2D eigenvalue weighted by atomic mass is 19.1. The number of carbonyl (C=O) groups excluding carboxylic acids is 4. The standard InChI is InChI=1S/C19H17F2N3O2.C19H20F2N2O2/c1-12(23-17(11-22)14-5-3-2-4-6-14)19(26)24-18(25)9-13-7-15(20)10-16(21)8-13;1-13(22-8-7-14-5-3-2-4-6-14)19(25)23-18(24)11-15-9-16(20)12-17(21)10-15/h2-8,10,12,17,23H,9H2,1H3,(H,24,25,26);2-6,9-10,12-13,22H,7-8,11H2,1H3,(H,23,24,25)/t12-,17-;13-/m00/s1. The Morgan fingerprint density at radius 2 is 1.06 bits per heavy atom. The molecule has 266 valence electrons. The number of carbonyl (C=O) groups is 4. The van der Waals surface area contributed by atoms with Crippen molar-refractivity contribution in [3.05, 3.63) is 143 Å². The van der Waals surface area contributed by atoms with Crippen LogP contribution in [-0.2, 0) is 38.4 Å². The smallest absolute Gasteiger partial charge is 0.243 e. The van der Waals surface area contributed by atoms with E-state index in [1.54, 1.807) is 31.2 Å². The summed E-state index contributed by atoms with van der Waals surface area (Å²) in [5.74, 6) is -5.52. The van der Waals surface area contributed by atoms with Crippen molar-refractivity contribution in [1.82, 2.24) is 21.3 Å². The molecule has 0 aliphatic heterocycles. The van der Waals surface area contributed by atoms with Crippen LogP contribution in [0.3, 0.4) is 0 Å². The third kappa shape index (κ3) is 14.4. The van der Waals surface area contributed by atoms with E-state index in [1.807, 2.05) is 36.4 Å². The van der Waals surface area contributed by atoms with Crippen LogP contribution in [0.1, 0.15) is 42.1 Å². The minimum Gasteiger partial charge on any atom is -0.306 e. The number of nitriles is 1. The molecule has 0 bridgehead atoms. The van der Waals surface area contributed by atoms with Crippen LogP contribution in [0.4, 0.5) is 17.6 Å². The van der Waals surface area contributed by atoms with Crippen molar-refractivity contribution in [2.45, 2.75) is 51.2 Å². The van der Waals surface area contributed by atoms with Gasteiger partial charge in [0.2, 0.25) is 23.6 Å². The molecule has 4 amide bonds. The van der Waals surface area contributed by atoms with Crippen LogP contribution in [0.2, 0.25) is 0 Å². The van der Waals surface area contributed by atoms with Gasteiger partial charge in [0.25, 0.3) is 0 Å². The van der Waals surface area contributed by atoms with Gasteiger partial charge >= 0.3 is 0 Å². The Balaban J connectivity index is 0.000000276. The number of hydrogen-bond acceptors (Lipinski definition) is 7. The van der Waals surface area contributed by atoms with Gasteiger partial charge in [-0.25, -0.2) is 17.6 Å². The molecule has 4 rings (SSSR count). The van der Waals surface area contributed by atoms with Crippen molar-refractivity contribution in [2.24, 2.45) is 0 Å². The summed E-state index contributed by atoms with van der Waals surface area (Å²) >= 11 is 0. The first-order valence-corrected chi connectivity index (χ1v) is 15.9. The number of nitrogens with one attached hydrogen (secondary N) is 4. The quantitative estimate of drug-likeness (QED) is 0.147. The van der Waals surface area contributed by atoms with Gasteiger partial charge in [0.05, 0.1) is 31.0 Å². The van der Waals surface area contributed by atoms with Gasteiger partial charge in [0.15, 0.2) is 0 Å². The molecule has 9 nitrogen and oxygen atoms in total. The van der Waals surface area contributed by atoms with E-state index < -0.39 is 65.0 Å². The van der Waals surface area contributed by atoms with Gasteiger partial charge in [0, 0.05) is 12.1 Å². The zero-order valence-electron chi connectivity index (χ0n) is 27.9. The maximum absolute atomic E-state index is 13.1. The molecule has 3 atom stereocenters. The van der Waals surface area contributed by atoms with Gasteiger partial charge in [-0.05, 0) is 73.3 Å². The van der Waals surface area contributed by atoms with Gasteiger partial charge in [-0.3, -0.25) is 35.1 Å². The van der Waals surface area contributed by atoms with E-state index in [2.05, 4.69) is 27.3 Å². The molecule has 0 aliphatic carbocycles. The maximum Gasteiger partial charge on any atom is 0.243 e. The van der Waals surface area contributed by atoms with Gasteiger partial charge in [-0.1, -0.05) is 60.7 Å². The predicted octanol–water partition coefficient (Wildman–Crippen LogP) is 4.76. The van der Waals surface area contributed by atoms with Crippen molar-refractivity contribution in [1.29, 1.82) is 5.26 Å². The lowest BCUT2D eigenvalue weighted by Crippen LogP contribution is -2.46. The van der Waals surface area contributed by atoms with Gasteiger partial charge in [-0.2, -0.15) is 5.26 Å². The fraction of sp³-hybridized carbons (Fsp3) is 0.237. The zero-order chi connectivity index (χ0) is 37.3. The molecule has 0 saturated heterocycles. The SMILES string of the molecule is C[C@H](NCCc1ccccc1)C(=O)NC(=O)Cc1cc(F)cc(F)c1.C[C@H](N[C@@H](C#N)c1ccccc1)C(=O)NC(=O)Cc1cc(F)cc(F)c1. The Morgan fingerprint density at radius 3 is 1.51 bits per heavy atom. The number of rotatable bonds is 13. The van der Waals surface area contributed by atoms with Crippen LogP contribution in [0.5, 0.6) is 0 Å². The fourth-order valence-corrected chi connectivity index (χ4v) is 4.73. The number of amides is 4. The number of imide groups is 2. The third-order valence-electron chi connectivity index (χ3n) is 7.27. The summed E-state index contributed by atoms with van der Waals surface area (Å²) in [6, 6.07) is 24.2. The van der Waals surface area contributed by atoms with Crippen LogP contribution < -0.4 is 21.3 Å². The average Bonchev–Trinajstić information content (AvgIpc) is 3.07. The summed E-state index contributed by atoms with van der Waals surface area (Å²) in [6.45, 7) is 3.75. The van der Waals surface area contributed by atoms with E-state index in [-0.39, 0.29) is 24.0 Å². The van der Waals surface area contributed by atoms with Gasteiger partial charge in [-0.15, -0.1) is 0 Å². The van der Waals surface area contributed by atoms with E-state index in [4.69, 9.17) is 0 Å². The summed E-state index contributed by atoms with van der Waals surface area (Å²) in [4.78, 5) is 47.8. The van der Waals surface area contributed by atoms with Crippen LogP contribution in [0.25, 0.3) is 0 Å². The minimum atomic E-state index is -0.826. The molecule has 0 spiro atoms. The molecule has 0 aliphatic rings. The molecule has 0 aromatic heterocycles. The topological polar surface area (TPSA) is 140 Å². The number of benzene rings is 4. The molecule has 0 unspecified atom stereocenters. The lowest BCUT2D eigenvalue weighted by atomic mass is 10.1. The Hall–Kier alpha value is -5.71. The summed E-state index contributed by atoms with van der Waals surface area (Å²) < 4.78 is 52.5. The minimum absolute atomic E-state index is 0.118. The molecule has 13 heteroatoms. The second kappa shape index (κ2) is 20.1. The number of hydrogen-bond donors (Lipinski definition) is 4. The zero-order valence-corrected chi connectivity index (χ0v) is 27.9. The Bertz CT molecular complexity index is 1800. The average molecular weight is 704 g/mol. The monoisotopic (exact) mass is 703 g/mol. The van der Waals surface area contributed by atoms with Gasteiger partial charge < -0.3 is 5.32 Å². The van der Waals surface area contributed by atoms with Crippen molar-refractivity contribution >= 4 is 23.6 Å². The molecule has 0 heterocycles. The van der Waals surface area contributed by atoms with E-state index >= 15 is 0 Å². The molecule has 4 aromatic carbocycles. The molecular formula is C38H37F4N5O4. The second-order valence-corrected chi connectivity index (χ2v) is 11.5. The van der Waals surface area contributed by atoms with E-state index in [1.165, 1.54) is 6.92 Å². The normalized spacial score (nSPS) is 12.3. The summed E-state index contributed by atoms with van der Waals surface area (Å²) in [5.41, 5.74) is 2.13. The van der Waals surface area contributed by atoms with Crippen LogP contribution >= 0.6 is 0 Å². The van der Waals surface area contributed by atoms with Crippen molar-refractivity contribution < 1.29 is 36.7 Å². The molecule has 0 radical (unpaired) electrons. The summed E-state index contributed by atoms with van der Waals surface area (Å²) in [6.07, 6.45) is 0.152. The van der Waals surface area contributed by atoms with Crippen LogP contribution in [0.15, 0.2) is 97.1 Å². The van der Waals surface area contributed by atoms with E-state index in [9.17, 15) is 42.0 Å². The summed E-state index contributed by atoms with van der Waals surface area (Å²) in [7, 11) is 0. The maximum atomic E-state index is 13.1. The molecule has 51 heavy (non-hydrogen) atoms. The molecule has 0 saturated carbocycles. The lowest BCUT2D eigenvalue weighted by molar-refractivity contribution is -0.132. The first kappa shape index (κ1) is 39.7. The molecule has 4 N–H and O–H groups in total. The Morgan fingerprint density at radius 1 is 0.627 bits per heavy atom. The second-order valence-electron chi connectivity index (χ2n) is 11.5. The molecule has 0 fully saturated rings. The van der Waals surface area contributed by atoms with E-state index in [0.717, 1.165) is 42.3 Å². The first-order chi connectivity index (χ1) is 24.3. The van der Waals surface area contributed by atoms with E-state index in [0.29, 0.717) is 18.2 Å². The number of nitrogens with zero attached hydrogens (tertiary/aromatic N) is 1. The Labute approximate surface area is 293 Å². The highest BCUT2D eigenvalue weighted by Crippen LogP contribution is 2.13. The highest BCUT2D eigenvalue weighted by molar-refractivity contribution is 5.99. The van der Waals surface area contributed by atoms with Crippen molar-refractivity contribution in [3.63, 3.8) is 0 Å². The molecule has 4 aromatic rings. The predicted molar refractivity (Wildman–Crippen MR) is 181 cm³/mol. The lowest BCUT2D eigenvalue weighted by Gasteiger charge is -2.17. The van der Waals surface area contributed by atoms with Crippen molar-refractivity contribution in [3.8, 4) is 6.07 Å². The molecular weight excluding hydrogens is 666 g/mol.